The number of ether oxygens (including phenoxy) is 1. The van der Waals surface area contributed by atoms with Crippen LogP contribution >= 0.6 is 0 Å². The van der Waals surface area contributed by atoms with Crippen molar-refractivity contribution in [2.24, 2.45) is 0 Å². The van der Waals surface area contributed by atoms with Crippen molar-refractivity contribution in [2.45, 2.75) is 19.9 Å². The lowest BCUT2D eigenvalue weighted by Gasteiger charge is -2.14. The van der Waals surface area contributed by atoms with Gasteiger partial charge < -0.3 is 14.5 Å². The van der Waals surface area contributed by atoms with E-state index in [0.29, 0.717) is 6.61 Å². The third-order valence-corrected chi connectivity index (χ3v) is 3.03. The summed E-state index contributed by atoms with van der Waals surface area (Å²) in [5, 5.41) is 13.3. The fourth-order valence-corrected chi connectivity index (χ4v) is 1.92. The van der Waals surface area contributed by atoms with E-state index in [-0.39, 0.29) is 11.8 Å². The highest BCUT2D eigenvalue weighted by atomic mass is 16.6. The fraction of sp³-hybridized carbons (Fsp3) is 0.267. The van der Waals surface area contributed by atoms with Gasteiger partial charge in [0.15, 0.2) is 5.76 Å². The molecular weight excluding hydrogens is 288 g/mol. The third kappa shape index (κ3) is 3.63. The number of benzene rings is 1. The average molecular weight is 304 g/mol. The van der Waals surface area contributed by atoms with E-state index in [1.165, 1.54) is 6.07 Å². The van der Waals surface area contributed by atoms with Crippen molar-refractivity contribution in [1.29, 1.82) is 0 Å². The SMILES string of the molecule is CCOc1ccc(C(C)NC(=O)c2ccc([N+](=O)[O-])o2)cc1. The van der Waals surface area contributed by atoms with E-state index in [2.05, 4.69) is 5.32 Å². The number of amides is 1. The second-order valence-corrected chi connectivity index (χ2v) is 4.59. The number of furan rings is 1. The minimum Gasteiger partial charge on any atom is -0.494 e. The van der Waals surface area contributed by atoms with Crippen LogP contribution in [0.4, 0.5) is 5.88 Å². The Morgan fingerprint density at radius 1 is 1.32 bits per heavy atom. The van der Waals surface area contributed by atoms with Crippen molar-refractivity contribution in [2.75, 3.05) is 6.61 Å². The van der Waals surface area contributed by atoms with Crippen LogP contribution in [0, 0.1) is 10.1 Å². The van der Waals surface area contributed by atoms with Crippen LogP contribution < -0.4 is 10.1 Å². The molecule has 1 N–H and O–H groups in total. The molecule has 2 rings (SSSR count). The lowest BCUT2D eigenvalue weighted by Crippen LogP contribution is -2.26. The summed E-state index contributed by atoms with van der Waals surface area (Å²) in [6.07, 6.45) is 0. The van der Waals surface area contributed by atoms with Gasteiger partial charge in [-0.25, -0.2) is 0 Å². The quantitative estimate of drug-likeness (QED) is 0.653. The van der Waals surface area contributed by atoms with Crippen LogP contribution in [0.3, 0.4) is 0 Å². The van der Waals surface area contributed by atoms with Crippen molar-refractivity contribution < 1.29 is 18.9 Å². The van der Waals surface area contributed by atoms with E-state index in [4.69, 9.17) is 9.15 Å². The highest BCUT2D eigenvalue weighted by molar-refractivity contribution is 5.91. The van der Waals surface area contributed by atoms with E-state index in [0.717, 1.165) is 17.4 Å². The van der Waals surface area contributed by atoms with Gasteiger partial charge in [0.25, 0.3) is 5.91 Å². The molecule has 0 radical (unpaired) electrons. The zero-order valence-corrected chi connectivity index (χ0v) is 12.2. The molecule has 0 saturated carbocycles. The largest absolute Gasteiger partial charge is 0.494 e. The molecule has 1 atom stereocenters. The van der Waals surface area contributed by atoms with Crippen molar-refractivity contribution in [3.05, 3.63) is 57.8 Å². The maximum atomic E-state index is 12.0. The predicted octanol–water partition coefficient (Wildman–Crippen LogP) is 3.08. The Hall–Kier alpha value is -2.83. The van der Waals surface area contributed by atoms with Gasteiger partial charge in [-0.2, -0.15) is 0 Å². The standard InChI is InChI=1S/C15H16N2O5/c1-3-21-12-6-4-11(5-7-12)10(2)16-15(18)13-8-9-14(22-13)17(19)20/h4-10H,3H2,1-2H3,(H,16,18). The monoisotopic (exact) mass is 304 g/mol. The van der Waals surface area contributed by atoms with Crippen LogP contribution in [0.5, 0.6) is 5.75 Å². The third-order valence-electron chi connectivity index (χ3n) is 3.03. The molecule has 0 spiro atoms. The van der Waals surface area contributed by atoms with Crippen LogP contribution in [0.2, 0.25) is 0 Å². The molecule has 0 saturated heterocycles. The number of nitrogens with one attached hydrogen (secondary N) is 1. The minimum atomic E-state index is -0.688. The Kier molecular flexibility index (Phi) is 4.77. The Bertz CT molecular complexity index is 663. The van der Waals surface area contributed by atoms with Crippen LogP contribution in [-0.4, -0.2) is 17.4 Å². The first-order valence-corrected chi connectivity index (χ1v) is 6.79. The summed E-state index contributed by atoms with van der Waals surface area (Å²) in [4.78, 5) is 21.8. The second-order valence-electron chi connectivity index (χ2n) is 4.59. The van der Waals surface area contributed by atoms with E-state index < -0.39 is 16.7 Å². The molecule has 1 aromatic heterocycles. The number of carbonyl (C=O) groups excluding carboxylic acids is 1. The molecule has 1 heterocycles. The molecule has 0 bridgehead atoms. The van der Waals surface area contributed by atoms with Crippen LogP contribution in [0.15, 0.2) is 40.8 Å². The van der Waals surface area contributed by atoms with Crippen molar-refractivity contribution in [3.8, 4) is 5.75 Å². The predicted molar refractivity (Wildman–Crippen MR) is 78.9 cm³/mol. The smallest absolute Gasteiger partial charge is 0.433 e. The van der Waals surface area contributed by atoms with Crippen LogP contribution in [-0.2, 0) is 0 Å². The summed E-state index contributed by atoms with van der Waals surface area (Å²) in [5.74, 6) is -0.302. The molecule has 7 nitrogen and oxygen atoms in total. The number of hydrogen-bond acceptors (Lipinski definition) is 5. The molecule has 22 heavy (non-hydrogen) atoms. The van der Waals surface area contributed by atoms with E-state index in [1.807, 2.05) is 38.1 Å². The first kappa shape index (κ1) is 15.6. The van der Waals surface area contributed by atoms with Crippen molar-refractivity contribution in [1.82, 2.24) is 5.32 Å². The molecule has 1 unspecified atom stereocenters. The summed E-state index contributed by atoms with van der Waals surface area (Å²) in [6, 6.07) is 9.49. The maximum Gasteiger partial charge on any atom is 0.433 e. The Morgan fingerprint density at radius 2 is 2.00 bits per heavy atom. The van der Waals surface area contributed by atoms with Gasteiger partial charge in [0.05, 0.1) is 18.7 Å². The first-order chi connectivity index (χ1) is 10.5. The number of nitro groups is 1. The minimum absolute atomic E-state index is 0.0931. The molecule has 116 valence electrons. The zero-order chi connectivity index (χ0) is 16.1. The molecule has 0 aliphatic carbocycles. The number of rotatable bonds is 6. The molecule has 0 aliphatic rings. The Labute approximate surface area is 127 Å². The topological polar surface area (TPSA) is 94.6 Å². The normalized spacial score (nSPS) is 11.7. The van der Waals surface area contributed by atoms with E-state index in [9.17, 15) is 14.9 Å². The molecule has 1 aromatic carbocycles. The van der Waals surface area contributed by atoms with Gasteiger partial charge in [0, 0.05) is 0 Å². The van der Waals surface area contributed by atoms with Gasteiger partial charge >= 0.3 is 5.88 Å². The highest BCUT2D eigenvalue weighted by Crippen LogP contribution is 2.19. The van der Waals surface area contributed by atoms with Gasteiger partial charge in [0.2, 0.25) is 0 Å². The van der Waals surface area contributed by atoms with Crippen LogP contribution in [0.25, 0.3) is 0 Å². The molecular formula is C15H16N2O5. The lowest BCUT2D eigenvalue weighted by molar-refractivity contribution is -0.402. The zero-order valence-electron chi connectivity index (χ0n) is 12.2. The Morgan fingerprint density at radius 3 is 2.55 bits per heavy atom. The summed E-state index contributed by atoms with van der Waals surface area (Å²) in [5.41, 5.74) is 0.887. The summed E-state index contributed by atoms with van der Waals surface area (Å²) in [7, 11) is 0. The van der Waals surface area contributed by atoms with Gasteiger partial charge in [-0.3, -0.25) is 14.9 Å². The van der Waals surface area contributed by atoms with Gasteiger partial charge in [0.1, 0.15) is 10.7 Å². The van der Waals surface area contributed by atoms with E-state index >= 15 is 0 Å². The summed E-state index contributed by atoms with van der Waals surface area (Å²) >= 11 is 0. The lowest BCUT2D eigenvalue weighted by atomic mass is 10.1. The van der Waals surface area contributed by atoms with E-state index in [1.54, 1.807) is 0 Å². The van der Waals surface area contributed by atoms with Gasteiger partial charge in [-0.05, 0) is 37.6 Å². The Balaban J connectivity index is 2.02. The van der Waals surface area contributed by atoms with Crippen molar-refractivity contribution in [3.63, 3.8) is 0 Å². The van der Waals surface area contributed by atoms with Gasteiger partial charge in [-0.1, -0.05) is 12.1 Å². The molecule has 1 amide bonds. The molecule has 0 fully saturated rings. The second kappa shape index (κ2) is 6.75. The first-order valence-electron chi connectivity index (χ1n) is 6.79. The molecule has 0 aliphatic heterocycles. The maximum absolute atomic E-state index is 12.0. The average Bonchev–Trinajstić information content (AvgIpc) is 2.98. The number of hydrogen-bond donors (Lipinski definition) is 1. The number of carbonyl (C=O) groups is 1. The van der Waals surface area contributed by atoms with Crippen LogP contribution in [0.1, 0.15) is 36.0 Å². The molecule has 7 heteroatoms. The summed E-state index contributed by atoms with van der Waals surface area (Å²) < 4.78 is 10.2. The van der Waals surface area contributed by atoms with Crippen molar-refractivity contribution >= 4 is 11.8 Å². The molecule has 2 aromatic rings. The summed E-state index contributed by atoms with van der Waals surface area (Å²) in [6.45, 7) is 4.30. The number of nitrogens with zero attached hydrogens (tertiary/aromatic N) is 1. The highest BCUT2D eigenvalue weighted by Gasteiger charge is 2.19. The fourth-order valence-electron chi connectivity index (χ4n) is 1.92. The van der Waals surface area contributed by atoms with Gasteiger partial charge in [-0.15, -0.1) is 0 Å².